The molecule has 0 heterocycles. The number of rotatable bonds is 5. The number of benzene rings is 1. The van der Waals surface area contributed by atoms with E-state index in [0.717, 1.165) is 18.2 Å². The zero-order valence-electron chi connectivity index (χ0n) is 9.63. The fourth-order valence-corrected chi connectivity index (χ4v) is 1.85. The maximum atomic E-state index is 13.1. The fraction of sp³-hybridized carbons (Fsp3) is 0.417. The zero-order chi connectivity index (χ0) is 12.1. The molecule has 0 fully saturated rings. The molecule has 2 nitrogen and oxygen atoms in total. The molecule has 1 aromatic carbocycles. The van der Waals surface area contributed by atoms with Crippen LogP contribution in [0.25, 0.3) is 0 Å². The van der Waals surface area contributed by atoms with Crippen LogP contribution in [-0.2, 0) is 0 Å². The van der Waals surface area contributed by atoms with Gasteiger partial charge in [0.15, 0.2) is 5.78 Å². The average Bonchev–Trinajstić information content (AvgIpc) is 2.23. The van der Waals surface area contributed by atoms with Gasteiger partial charge in [0.05, 0.1) is 0 Å². The third-order valence-corrected chi connectivity index (χ3v) is 2.98. The first-order chi connectivity index (χ1) is 7.56. The number of ketones is 1. The molecule has 0 aliphatic carbocycles. The van der Waals surface area contributed by atoms with E-state index in [1.807, 2.05) is 0 Å². The van der Waals surface area contributed by atoms with Crippen LogP contribution in [0.3, 0.4) is 0 Å². The molecule has 5 heteroatoms. The molecule has 0 saturated heterocycles. The molecule has 0 spiro atoms. The first kappa shape index (κ1) is 16.4. The summed E-state index contributed by atoms with van der Waals surface area (Å²) >= 11 is 3.31. The van der Waals surface area contributed by atoms with Crippen LogP contribution >= 0.6 is 28.3 Å². The SMILES string of the molecule is Cc1cc(C(=O)CCCCBr)c(N)cc1F.Cl. The summed E-state index contributed by atoms with van der Waals surface area (Å²) in [6.07, 6.45) is 2.23. The average molecular weight is 325 g/mol. The topological polar surface area (TPSA) is 43.1 Å². The molecule has 96 valence electrons. The molecule has 0 aliphatic heterocycles. The van der Waals surface area contributed by atoms with Crippen molar-refractivity contribution < 1.29 is 9.18 Å². The normalized spacial score (nSPS) is 9.82. The summed E-state index contributed by atoms with van der Waals surface area (Å²) in [5.74, 6) is -0.379. The van der Waals surface area contributed by atoms with E-state index in [1.165, 1.54) is 12.1 Å². The predicted molar refractivity (Wildman–Crippen MR) is 74.8 cm³/mol. The van der Waals surface area contributed by atoms with Gasteiger partial charge in [-0.2, -0.15) is 0 Å². The molecule has 0 bridgehead atoms. The van der Waals surface area contributed by atoms with Crippen LogP contribution in [-0.4, -0.2) is 11.1 Å². The van der Waals surface area contributed by atoms with Crippen LogP contribution in [0, 0.1) is 12.7 Å². The highest BCUT2D eigenvalue weighted by molar-refractivity contribution is 9.09. The van der Waals surface area contributed by atoms with Gasteiger partial charge in [-0.3, -0.25) is 4.79 Å². The first-order valence-corrected chi connectivity index (χ1v) is 6.33. The third kappa shape index (κ3) is 4.64. The number of carbonyl (C=O) groups is 1. The van der Waals surface area contributed by atoms with Crippen molar-refractivity contribution in [2.24, 2.45) is 0 Å². The largest absolute Gasteiger partial charge is 0.398 e. The van der Waals surface area contributed by atoms with Crippen molar-refractivity contribution in [2.45, 2.75) is 26.2 Å². The van der Waals surface area contributed by atoms with Gasteiger partial charge in [0.25, 0.3) is 0 Å². The Bertz CT molecular complexity index is 398. The number of nitrogens with two attached hydrogens (primary N) is 1. The maximum Gasteiger partial charge on any atom is 0.164 e. The maximum absolute atomic E-state index is 13.1. The van der Waals surface area contributed by atoms with Gasteiger partial charge in [-0.05, 0) is 37.5 Å². The Morgan fingerprint density at radius 1 is 1.41 bits per heavy atom. The molecule has 0 aromatic heterocycles. The lowest BCUT2D eigenvalue weighted by Gasteiger charge is -2.06. The minimum atomic E-state index is -0.366. The molecule has 0 amide bonds. The monoisotopic (exact) mass is 323 g/mol. The second kappa shape index (κ2) is 7.67. The summed E-state index contributed by atoms with van der Waals surface area (Å²) < 4.78 is 13.1. The van der Waals surface area contributed by atoms with Gasteiger partial charge in [0.2, 0.25) is 0 Å². The van der Waals surface area contributed by atoms with Crippen molar-refractivity contribution in [1.29, 1.82) is 0 Å². The lowest BCUT2D eigenvalue weighted by molar-refractivity contribution is 0.0980. The van der Waals surface area contributed by atoms with Crippen LogP contribution in [0.15, 0.2) is 12.1 Å². The van der Waals surface area contributed by atoms with Crippen molar-refractivity contribution in [3.63, 3.8) is 0 Å². The summed E-state index contributed by atoms with van der Waals surface area (Å²) in [5, 5.41) is 0.887. The van der Waals surface area contributed by atoms with E-state index >= 15 is 0 Å². The number of hydrogen-bond donors (Lipinski definition) is 1. The second-order valence-electron chi connectivity index (χ2n) is 3.76. The van der Waals surface area contributed by atoms with E-state index < -0.39 is 0 Å². The molecular weight excluding hydrogens is 308 g/mol. The van der Waals surface area contributed by atoms with Gasteiger partial charge < -0.3 is 5.73 Å². The molecule has 0 radical (unpaired) electrons. The number of hydrogen-bond acceptors (Lipinski definition) is 2. The van der Waals surface area contributed by atoms with E-state index in [0.29, 0.717) is 17.5 Å². The highest BCUT2D eigenvalue weighted by Crippen LogP contribution is 2.19. The van der Waals surface area contributed by atoms with Crippen molar-refractivity contribution in [1.82, 2.24) is 0 Å². The van der Waals surface area contributed by atoms with Gasteiger partial charge in [-0.15, -0.1) is 12.4 Å². The zero-order valence-corrected chi connectivity index (χ0v) is 12.0. The summed E-state index contributed by atoms with van der Waals surface area (Å²) in [7, 11) is 0. The quantitative estimate of drug-likeness (QED) is 0.386. The van der Waals surface area contributed by atoms with Crippen molar-refractivity contribution in [2.75, 3.05) is 11.1 Å². The molecule has 0 unspecified atom stereocenters. The van der Waals surface area contributed by atoms with Gasteiger partial charge in [0, 0.05) is 23.0 Å². The number of Topliss-reactive ketones (excluding diaryl/α,β-unsaturated/α-hetero) is 1. The number of unbranched alkanes of at least 4 members (excludes halogenated alkanes) is 1. The summed E-state index contributed by atoms with van der Waals surface area (Å²) in [6.45, 7) is 1.63. The Hall–Kier alpha value is -0.610. The lowest BCUT2D eigenvalue weighted by atomic mass is 10.0. The van der Waals surface area contributed by atoms with Crippen LogP contribution in [0.1, 0.15) is 35.2 Å². The van der Waals surface area contributed by atoms with Crippen molar-refractivity contribution in [3.05, 3.63) is 29.1 Å². The van der Waals surface area contributed by atoms with Crippen LogP contribution in [0.5, 0.6) is 0 Å². The molecule has 2 N–H and O–H groups in total. The highest BCUT2D eigenvalue weighted by Gasteiger charge is 2.11. The van der Waals surface area contributed by atoms with Gasteiger partial charge in [-0.25, -0.2) is 4.39 Å². The standard InChI is InChI=1S/C12H15BrFNO.ClH/c1-8-6-9(11(15)7-10(8)14)12(16)4-2-3-5-13;/h6-7H,2-5,15H2,1H3;1H. The lowest BCUT2D eigenvalue weighted by Crippen LogP contribution is -2.05. The minimum Gasteiger partial charge on any atom is -0.398 e. The number of carbonyl (C=O) groups excluding carboxylic acids is 1. The third-order valence-electron chi connectivity index (χ3n) is 2.42. The minimum absolute atomic E-state index is 0. The van der Waals surface area contributed by atoms with Crippen LogP contribution < -0.4 is 5.73 Å². The number of nitrogen functional groups attached to an aromatic ring is 1. The first-order valence-electron chi connectivity index (χ1n) is 5.21. The van der Waals surface area contributed by atoms with Crippen LogP contribution in [0.2, 0.25) is 0 Å². The van der Waals surface area contributed by atoms with E-state index in [1.54, 1.807) is 6.92 Å². The van der Waals surface area contributed by atoms with Crippen molar-refractivity contribution in [3.8, 4) is 0 Å². The molecule has 0 atom stereocenters. The molecule has 1 rings (SSSR count). The molecule has 17 heavy (non-hydrogen) atoms. The van der Waals surface area contributed by atoms with Gasteiger partial charge in [-0.1, -0.05) is 15.9 Å². The Morgan fingerprint density at radius 3 is 2.65 bits per heavy atom. The summed E-state index contributed by atoms with van der Waals surface area (Å²) in [5.41, 5.74) is 6.75. The Morgan fingerprint density at radius 2 is 2.06 bits per heavy atom. The molecular formula is C12H16BrClFNO. The number of alkyl halides is 1. The Balaban J connectivity index is 0.00000256. The fourth-order valence-electron chi connectivity index (χ4n) is 1.45. The molecule has 0 aliphatic rings. The second-order valence-corrected chi connectivity index (χ2v) is 4.55. The van der Waals surface area contributed by atoms with E-state index in [-0.39, 0.29) is 29.7 Å². The Labute approximate surface area is 115 Å². The molecule has 0 saturated carbocycles. The molecule has 1 aromatic rings. The van der Waals surface area contributed by atoms with Crippen molar-refractivity contribution >= 4 is 39.8 Å². The number of aryl methyl sites for hydroxylation is 1. The number of halogens is 3. The van der Waals surface area contributed by atoms with Crippen LogP contribution in [0.4, 0.5) is 10.1 Å². The van der Waals surface area contributed by atoms with E-state index in [2.05, 4.69) is 15.9 Å². The highest BCUT2D eigenvalue weighted by atomic mass is 79.9. The smallest absolute Gasteiger partial charge is 0.164 e. The van der Waals surface area contributed by atoms with Gasteiger partial charge >= 0.3 is 0 Å². The number of anilines is 1. The van der Waals surface area contributed by atoms with E-state index in [4.69, 9.17) is 5.73 Å². The summed E-state index contributed by atoms with van der Waals surface area (Å²) in [4.78, 5) is 11.8. The predicted octanol–water partition coefficient (Wildman–Crippen LogP) is 3.89. The van der Waals surface area contributed by atoms with Gasteiger partial charge in [0.1, 0.15) is 5.82 Å². The van der Waals surface area contributed by atoms with E-state index in [9.17, 15) is 9.18 Å². The summed E-state index contributed by atoms with van der Waals surface area (Å²) in [6, 6.07) is 2.74. The Kier molecular flexibility index (Phi) is 7.39.